The lowest BCUT2D eigenvalue weighted by Gasteiger charge is -2.05. The van der Waals surface area contributed by atoms with Crippen LogP contribution in [0.1, 0.15) is 28.3 Å². The monoisotopic (exact) mass is 338 g/mol. The summed E-state index contributed by atoms with van der Waals surface area (Å²) in [5.41, 5.74) is 3.37. The van der Waals surface area contributed by atoms with Gasteiger partial charge >= 0.3 is 0 Å². The highest BCUT2D eigenvalue weighted by atomic mass is 19.1. The van der Waals surface area contributed by atoms with Gasteiger partial charge in [-0.3, -0.25) is 9.89 Å². The van der Waals surface area contributed by atoms with Gasteiger partial charge in [0, 0.05) is 12.1 Å². The van der Waals surface area contributed by atoms with E-state index in [0.717, 1.165) is 5.56 Å². The number of aromatic amines is 1. The quantitative estimate of drug-likeness (QED) is 0.749. The van der Waals surface area contributed by atoms with Crippen LogP contribution in [0.5, 0.6) is 0 Å². The van der Waals surface area contributed by atoms with Crippen LogP contribution < -0.4 is 5.32 Å². The molecule has 0 aliphatic rings. The lowest BCUT2D eigenvalue weighted by molar-refractivity contribution is -0.115. The zero-order valence-corrected chi connectivity index (χ0v) is 14.1. The Morgan fingerprint density at radius 1 is 1.16 bits per heavy atom. The number of aromatic nitrogens is 3. The van der Waals surface area contributed by atoms with Crippen molar-refractivity contribution in [1.82, 2.24) is 15.2 Å². The summed E-state index contributed by atoms with van der Waals surface area (Å²) in [6.07, 6.45) is 0.687. The number of nitrogens with zero attached hydrogens (tertiary/aromatic N) is 2. The predicted octanol–water partition coefficient (Wildman–Crippen LogP) is 3.33. The number of anilines is 1. The number of nitrogens with one attached hydrogen (secondary N) is 2. The molecule has 1 heterocycles. The highest BCUT2D eigenvalue weighted by Gasteiger charge is 2.10. The van der Waals surface area contributed by atoms with E-state index in [-0.39, 0.29) is 18.1 Å². The number of hydrogen-bond acceptors (Lipinski definition) is 3. The Bertz CT molecular complexity index is 887. The molecule has 0 aliphatic carbocycles. The first kappa shape index (κ1) is 16.8. The van der Waals surface area contributed by atoms with Gasteiger partial charge in [-0.25, -0.2) is 9.37 Å². The SMILES string of the molecule is Cc1ccc(Cc2nc(CC(=O)Nc3ccc(F)c(C)c3)n[nH]2)cc1. The van der Waals surface area contributed by atoms with Gasteiger partial charge < -0.3 is 5.32 Å². The third-order valence-corrected chi connectivity index (χ3v) is 3.83. The van der Waals surface area contributed by atoms with Crippen molar-refractivity contribution in [2.75, 3.05) is 5.32 Å². The normalized spacial score (nSPS) is 10.7. The van der Waals surface area contributed by atoms with Crippen molar-refractivity contribution in [2.24, 2.45) is 0 Å². The molecule has 0 aliphatic heterocycles. The molecule has 0 radical (unpaired) electrons. The van der Waals surface area contributed by atoms with Gasteiger partial charge in [-0.05, 0) is 43.2 Å². The molecule has 1 aromatic heterocycles. The Morgan fingerprint density at radius 2 is 1.92 bits per heavy atom. The van der Waals surface area contributed by atoms with E-state index in [1.54, 1.807) is 13.0 Å². The summed E-state index contributed by atoms with van der Waals surface area (Å²) in [4.78, 5) is 16.4. The van der Waals surface area contributed by atoms with Gasteiger partial charge in [-0.2, -0.15) is 5.10 Å². The molecular weight excluding hydrogens is 319 g/mol. The Hall–Kier alpha value is -3.02. The second-order valence-electron chi connectivity index (χ2n) is 6.05. The summed E-state index contributed by atoms with van der Waals surface area (Å²) < 4.78 is 13.2. The van der Waals surface area contributed by atoms with Crippen LogP contribution in [-0.4, -0.2) is 21.1 Å². The van der Waals surface area contributed by atoms with E-state index in [1.165, 1.54) is 17.7 Å². The molecule has 1 amide bonds. The van der Waals surface area contributed by atoms with Crippen LogP contribution in [0.15, 0.2) is 42.5 Å². The first-order valence-corrected chi connectivity index (χ1v) is 8.01. The minimum atomic E-state index is -0.298. The molecular formula is C19H19FN4O. The lowest BCUT2D eigenvalue weighted by Crippen LogP contribution is -2.15. The number of halogens is 1. The highest BCUT2D eigenvalue weighted by Crippen LogP contribution is 2.14. The van der Waals surface area contributed by atoms with Crippen molar-refractivity contribution < 1.29 is 9.18 Å². The van der Waals surface area contributed by atoms with Crippen LogP contribution in [0.4, 0.5) is 10.1 Å². The standard InChI is InChI=1S/C19H19FN4O/c1-12-3-5-14(6-4-12)10-17-22-18(24-23-17)11-19(25)21-15-7-8-16(20)13(2)9-15/h3-9H,10-11H2,1-2H3,(H,21,25)(H,22,23,24). The van der Waals surface area contributed by atoms with Crippen molar-refractivity contribution in [3.8, 4) is 0 Å². The van der Waals surface area contributed by atoms with Gasteiger partial charge in [0.1, 0.15) is 11.6 Å². The van der Waals surface area contributed by atoms with Gasteiger partial charge in [0.15, 0.2) is 5.82 Å². The van der Waals surface area contributed by atoms with Crippen molar-refractivity contribution in [2.45, 2.75) is 26.7 Å². The maximum Gasteiger partial charge on any atom is 0.232 e. The topological polar surface area (TPSA) is 70.7 Å². The summed E-state index contributed by atoms with van der Waals surface area (Å²) in [5.74, 6) is 0.599. The molecule has 6 heteroatoms. The molecule has 0 unspecified atom stereocenters. The van der Waals surface area contributed by atoms with E-state index < -0.39 is 0 Å². The molecule has 0 saturated heterocycles. The molecule has 0 fully saturated rings. The average Bonchev–Trinajstić information content (AvgIpc) is 3.00. The van der Waals surface area contributed by atoms with Crippen LogP contribution >= 0.6 is 0 Å². The fraction of sp³-hybridized carbons (Fsp3) is 0.211. The van der Waals surface area contributed by atoms with Crippen molar-refractivity contribution in [1.29, 1.82) is 0 Å². The molecule has 25 heavy (non-hydrogen) atoms. The minimum Gasteiger partial charge on any atom is -0.326 e. The van der Waals surface area contributed by atoms with Crippen LogP contribution in [-0.2, 0) is 17.6 Å². The maximum absolute atomic E-state index is 13.2. The first-order valence-electron chi connectivity index (χ1n) is 8.01. The summed E-state index contributed by atoms with van der Waals surface area (Å²) in [6, 6.07) is 12.6. The minimum absolute atomic E-state index is 0.0564. The summed E-state index contributed by atoms with van der Waals surface area (Å²) in [7, 11) is 0. The summed E-state index contributed by atoms with van der Waals surface area (Å²) in [5, 5.41) is 9.67. The number of carbonyl (C=O) groups excluding carboxylic acids is 1. The van der Waals surface area contributed by atoms with E-state index in [9.17, 15) is 9.18 Å². The van der Waals surface area contributed by atoms with E-state index in [1.807, 2.05) is 31.2 Å². The maximum atomic E-state index is 13.2. The number of amides is 1. The van der Waals surface area contributed by atoms with Crippen molar-refractivity contribution in [3.05, 3.63) is 76.6 Å². The Balaban J connectivity index is 1.59. The van der Waals surface area contributed by atoms with E-state index in [2.05, 4.69) is 20.5 Å². The van der Waals surface area contributed by atoms with Crippen molar-refractivity contribution >= 4 is 11.6 Å². The number of aryl methyl sites for hydroxylation is 2. The molecule has 3 rings (SSSR count). The zero-order chi connectivity index (χ0) is 17.8. The zero-order valence-electron chi connectivity index (χ0n) is 14.1. The second-order valence-corrected chi connectivity index (χ2v) is 6.05. The number of hydrogen-bond donors (Lipinski definition) is 2. The van der Waals surface area contributed by atoms with E-state index in [4.69, 9.17) is 0 Å². The molecule has 0 atom stereocenters. The lowest BCUT2D eigenvalue weighted by atomic mass is 10.1. The average molecular weight is 338 g/mol. The number of H-pyrrole nitrogens is 1. The third kappa shape index (κ3) is 4.50. The van der Waals surface area contributed by atoms with Gasteiger partial charge in [0.25, 0.3) is 0 Å². The molecule has 0 bridgehead atoms. The summed E-state index contributed by atoms with van der Waals surface area (Å²) >= 11 is 0. The van der Waals surface area contributed by atoms with Crippen LogP contribution in [0.3, 0.4) is 0 Å². The van der Waals surface area contributed by atoms with Crippen LogP contribution in [0, 0.1) is 19.7 Å². The Kier molecular flexibility index (Phi) is 4.88. The largest absolute Gasteiger partial charge is 0.326 e. The van der Waals surface area contributed by atoms with Gasteiger partial charge in [0.05, 0.1) is 6.42 Å². The highest BCUT2D eigenvalue weighted by molar-refractivity contribution is 5.91. The molecule has 0 saturated carbocycles. The third-order valence-electron chi connectivity index (χ3n) is 3.83. The fourth-order valence-electron chi connectivity index (χ4n) is 2.46. The molecule has 3 aromatic rings. The molecule has 2 N–H and O–H groups in total. The summed E-state index contributed by atoms with van der Waals surface area (Å²) in [6.45, 7) is 3.69. The van der Waals surface area contributed by atoms with Gasteiger partial charge in [-0.1, -0.05) is 29.8 Å². The van der Waals surface area contributed by atoms with Gasteiger partial charge in [-0.15, -0.1) is 0 Å². The fourth-order valence-corrected chi connectivity index (χ4v) is 2.46. The van der Waals surface area contributed by atoms with Gasteiger partial charge in [0.2, 0.25) is 5.91 Å². The molecule has 2 aromatic carbocycles. The Labute approximate surface area is 145 Å². The molecule has 0 spiro atoms. The number of carbonyl (C=O) groups is 1. The first-order chi connectivity index (χ1) is 12.0. The van der Waals surface area contributed by atoms with Crippen LogP contribution in [0.25, 0.3) is 0 Å². The van der Waals surface area contributed by atoms with E-state index in [0.29, 0.717) is 29.3 Å². The smallest absolute Gasteiger partial charge is 0.232 e. The number of benzene rings is 2. The molecule has 128 valence electrons. The predicted molar refractivity (Wildman–Crippen MR) is 93.8 cm³/mol. The Morgan fingerprint density at radius 3 is 2.64 bits per heavy atom. The number of rotatable bonds is 5. The van der Waals surface area contributed by atoms with E-state index >= 15 is 0 Å². The molecule has 5 nitrogen and oxygen atoms in total. The van der Waals surface area contributed by atoms with Crippen molar-refractivity contribution in [3.63, 3.8) is 0 Å². The van der Waals surface area contributed by atoms with Crippen LogP contribution in [0.2, 0.25) is 0 Å². The second kappa shape index (κ2) is 7.25.